The maximum absolute atomic E-state index is 14.6. The van der Waals surface area contributed by atoms with Crippen LogP contribution in [0.5, 0.6) is 0 Å². The van der Waals surface area contributed by atoms with Crippen LogP contribution in [0, 0.1) is 5.82 Å². The molecule has 6 heteroatoms. The topological polar surface area (TPSA) is 54.9 Å². The van der Waals surface area contributed by atoms with Gasteiger partial charge in [0.2, 0.25) is 0 Å². The second-order valence-corrected chi connectivity index (χ2v) is 5.04. The van der Waals surface area contributed by atoms with Gasteiger partial charge >= 0.3 is 0 Å². The van der Waals surface area contributed by atoms with Crippen LogP contribution in [0.4, 0.5) is 4.39 Å². The fraction of sp³-hybridized carbons (Fsp3) is 0.0625. The molecule has 1 N–H and O–H groups in total. The van der Waals surface area contributed by atoms with Gasteiger partial charge in [-0.3, -0.25) is 14.8 Å². The van der Waals surface area contributed by atoms with Gasteiger partial charge < -0.3 is 5.32 Å². The number of nitrogens with one attached hydrogen (secondary N) is 1. The van der Waals surface area contributed by atoms with Gasteiger partial charge in [0.05, 0.1) is 5.02 Å². The van der Waals surface area contributed by atoms with Crippen molar-refractivity contribution in [3.05, 3.63) is 59.3 Å². The minimum Gasteiger partial charge on any atom is -0.354 e. The van der Waals surface area contributed by atoms with E-state index in [-0.39, 0.29) is 17.3 Å². The Labute approximate surface area is 131 Å². The summed E-state index contributed by atoms with van der Waals surface area (Å²) in [5.41, 5.74) is 0.924. The standard InChI is InChI=1S/C16H11ClFN3O/c1-19-16(22)13-6-5-9(7-20-13)15-14(18)10-3-2-4-12(17)11(10)8-21-15/h2-8H,1H3,(H,19,22). The van der Waals surface area contributed by atoms with E-state index in [0.717, 1.165) is 0 Å². The molecule has 1 aromatic carbocycles. The van der Waals surface area contributed by atoms with Crippen molar-refractivity contribution in [2.75, 3.05) is 7.05 Å². The van der Waals surface area contributed by atoms with Crippen molar-refractivity contribution in [3.63, 3.8) is 0 Å². The highest BCUT2D eigenvalue weighted by molar-refractivity contribution is 6.35. The van der Waals surface area contributed by atoms with Crippen LogP contribution in [-0.4, -0.2) is 22.9 Å². The van der Waals surface area contributed by atoms with E-state index in [9.17, 15) is 9.18 Å². The maximum Gasteiger partial charge on any atom is 0.269 e. The molecule has 1 amide bonds. The largest absolute Gasteiger partial charge is 0.354 e. The highest BCUT2D eigenvalue weighted by Gasteiger charge is 2.13. The van der Waals surface area contributed by atoms with Crippen LogP contribution >= 0.6 is 11.6 Å². The lowest BCUT2D eigenvalue weighted by atomic mass is 10.1. The van der Waals surface area contributed by atoms with Crippen molar-refractivity contribution < 1.29 is 9.18 Å². The predicted octanol–water partition coefficient (Wildman–Crippen LogP) is 3.45. The number of rotatable bonds is 2. The Morgan fingerprint density at radius 2 is 1.95 bits per heavy atom. The van der Waals surface area contributed by atoms with Gasteiger partial charge in [0, 0.05) is 35.8 Å². The lowest BCUT2D eigenvalue weighted by Gasteiger charge is -2.07. The molecule has 2 aromatic heterocycles. The highest BCUT2D eigenvalue weighted by Crippen LogP contribution is 2.29. The minimum atomic E-state index is -0.463. The minimum absolute atomic E-state index is 0.172. The van der Waals surface area contributed by atoms with Crippen LogP contribution in [0.15, 0.2) is 42.7 Å². The first-order chi connectivity index (χ1) is 10.6. The Hall–Kier alpha value is -2.53. The summed E-state index contributed by atoms with van der Waals surface area (Å²) >= 11 is 6.04. The molecule has 0 radical (unpaired) electrons. The molecule has 0 bridgehead atoms. The molecular formula is C16H11ClFN3O. The molecule has 0 atom stereocenters. The summed E-state index contributed by atoms with van der Waals surface area (Å²) in [7, 11) is 1.52. The molecule has 0 spiro atoms. The van der Waals surface area contributed by atoms with Gasteiger partial charge in [-0.15, -0.1) is 0 Å². The zero-order valence-electron chi connectivity index (χ0n) is 11.6. The molecule has 0 saturated heterocycles. The van der Waals surface area contributed by atoms with E-state index in [4.69, 9.17) is 11.6 Å². The summed E-state index contributed by atoms with van der Waals surface area (Å²) in [5.74, 6) is -0.764. The van der Waals surface area contributed by atoms with Crippen LogP contribution in [-0.2, 0) is 0 Å². The number of carbonyl (C=O) groups excluding carboxylic acids is 1. The number of pyridine rings is 2. The molecule has 0 unspecified atom stereocenters. The van der Waals surface area contributed by atoms with Crippen molar-refractivity contribution >= 4 is 28.3 Å². The Morgan fingerprint density at radius 1 is 1.14 bits per heavy atom. The van der Waals surface area contributed by atoms with Crippen LogP contribution in [0.1, 0.15) is 10.5 Å². The normalized spacial score (nSPS) is 10.7. The van der Waals surface area contributed by atoms with Crippen LogP contribution < -0.4 is 5.32 Å². The molecular weight excluding hydrogens is 305 g/mol. The van der Waals surface area contributed by atoms with Crippen molar-refractivity contribution in [3.8, 4) is 11.3 Å². The number of benzene rings is 1. The van der Waals surface area contributed by atoms with Gasteiger partial charge in [-0.1, -0.05) is 23.7 Å². The van der Waals surface area contributed by atoms with E-state index in [1.807, 2.05) is 0 Å². The third-order valence-electron chi connectivity index (χ3n) is 3.32. The van der Waals surface area contributed by atoms with Gasteiger partial charge in [-0.25, -0.2) is 4.39 Å². The number of amides is 1. The Balaban J connectivity index is 2.10. The van der Waals surface area contributed by atoms with Gasteiger partial charge in [0.15, 0.2) is 5.82 Å². The highest BCUT2D eigenvalue weighted by atomic mass is 35.5. The van der Waals surface area contributed by atoms with E-state index >= 15 is 0 Å². The SMILES string of the molecule is CNC(=O)c1ccc(-c2ncc3c(Cl)cccc3c2F)cn1. The number of nitrogens with zero attached hydrogens (tertiary/aromatic N) is 2. The fourth-order valence-corrected chi connectivity index (χ4v) is 2.39. The van der Waals surface area contributed by atoms with Gasteiger partial charge in [-0.2, -0.15) is 0 Å². The lowest BCUT2D eigenvalue weighted by molar-refractivity contribution is 0.0958. The molecule has 4 nitrogen and oxygen atoms in total. The number of halogens is 2. The van der Waals surface area contributed by atoms with Gasteiger partial charge in [-0.05, 0) is 18.2 Å². The third-order valence-corrected chi connectivity index (χ3v) is 3.65. The molecule has 0 fully saturated rings. The van der Waals surface area contributed by atoms with Crippen LogP contribution in [0.2, 0.25) is 5.02 Å². The second kappa shape index (κ2) is 5.69. The quantitative estimate of drug-likeness (QED) is 0.788. The first-order valence-electron chi connectivity index (χ1n) is 6.53. The van der Waals surface area contributed by atoms with E-state index < -0.39 is 5.82 Å². The number of hydrogen-bond acceptors (Lipinski definition) is 3. The first kappa shape index (κ1) is 14.4. The zero-order chi connectivity index (χ0) is 15.7. The summed E-state index contributed by atoms with van der Waals surface area (Å²) in [4.78, 5) is 19.6. The maximum atomic E-state index is 14.6. The summed E-state index contributed by atoms with van der Waals surface area (Å²) in [6, 6.07) is 8.15. The summed E-state index contributed by atoms with van der Waals surface area (Å²) in [6.07, 6.45) is 2.95. The van der Waals surface area contributed by atoms with Crippen LogP contribution in [0.25, 0.3) is 22.0 Å². The number of hydrogen-bond donors (Lipinski definition) is 1. The monoisotopic (exact) mass is 315 g/mol. The summed E-state index contributed by atoms with van der Waals surface area (Å²) in [5, 5.41) is 3.88. The average Bonchev–Trinajstić information content (AvgIpc) is 2.55. The Bertz CT molecular complexity index is 865. The van der Waals surface area contributed by atoms with E-state index in [2.05, 4.69) is 15.3 Å². The number of fused-ring (bicyclic) bond motifs is 1. The molecule has 22 heavy (non-hydrogen) atoms. The van der Waals surface area contributed by atoms with E-state index in [0.29, 0.717) is 21.4 Å². The average molecular weight is 316 g/mol. The predicted molar refractivity (Wildman–Crippen MR) is 83.3 cm³/mol. The van der Waals surface area contributed by atoms with Crippen molar-refractivity contribution in [1.82, 2.24) is 15.3 Å². The molecule has 0 aliphatic rings. The number of aromatic nitrogens is 2. The van der Waals surface area contributed by atoms with Crippen molar-refractivity contribution in [2.24, 2.45) is 0 Å². The second-order valence-electron chi connectivity index (χ2n) is 4.63. The molecule has 0 aliphatic heterocycles. The van der Waals surface area contributed by atoms with Gasteiger partial charge in [0.1, 0.15) is 11.4 Å². The van der Waals surface area contributed by atoms with Crippen molar-refractivity contribution in [2.45, 2.75) is 0 Å². The molecule has 2 heterocycles. The lowest BCUT2D eigenvalue weighted by Crippen LogP contribution is -2.18. The van der Waals surface area contributed by atoms with E-state index in [1.165, 1.54) is 25.5 Å². The molecule has 3 aromatic rings. The smallest absolute Gasteiger partial charge is 0.269 e. The first-order valence-corrected chi connectivity index (χ1v) is 6.91. The summed E-state index contributed by atoms with van der Waals surface area (Å²) < 4.78 is 14.6. The molecule has 0 saturated carbocycles. The van der Waals surface area contributed by atoms with Crippen molar-refractivity contribution in [1.29, 1.82) is 0 Å². The van der Waals surface area contributed by atoms with Gasteiger partial charge in [0.25, 0.3) is 5.91 Å². The molecule has 110 valence electrons. The van der Waals surface area contributed by atoms with E-state index in [1.54, 1.807) is 24.3 Å². The molecule has 0 aliphatic carbocycles. The van der Waals surface area contributed by atoms with Crippen LogP contribution in [0.3, 0.4) is 0 Å². The fourth-order valence-electron chi connectivity index (χ4n) is 2.17. The zero-order valence-corrected chi connectivity index (χ0v) is 12.4. The molecule has 3 rings (SSSR count). The Kier molecular flexibility index (Phi) is 3.73. The summed E-state index contributed by atoms with van der Waals surface area (Å²) in [6.45, 7) is 0. The Morgan fingerprint density at radius 3 is 2.64 bits per heavy atom. The number of carbonyl (C=O) groups is 1. The third kappa shape index (κ3) is 2.40.